The van der Waals surface area contributed by atoms with Gasteiger partial charge in [0.05, 0.1) is 0 Å². The van der Waals surface area contributed by atoms with Crippen molar-refractivity contribution in [3.8, 4) is 0 Å². The molecule has 0 bridgehead atoms. The third-order valence-electron chi connectivity index (χ3n) is 1.85. The number of aromatic nitrogens is 1. The van der Waals surface area contributed by atoms with E-state index in [1.54, 1.807) is 10.6 Å². The minimum absolute atomic E-state index is 0.0700. The van der Waals surface area contributed by atoms with Crippen LogP contribution in [-0.2, 0) is 6.54 Å². The second-order valence-electron chi connectivity index (χ2n) is 3.66. The molecule has 2 nitrogen and oxygen atoms in total. The lowest BCUT2D eigenvalue weighted by Gasteiger charge is -2.11. The number of pyridine rings is 1. The molecule has 3 heteroatoms. The molecule has 0 amide bonds. The van der Waals surface area contributed by atoms with Gasteiger partial charge in [-0.2, -0.15) is 0 Å². The van der Waals surface area contributed by atoms with E-state index in [9.17, 15) is 4.79 Å². The molecule has 0 saturated carbocycles. The number of hydrogen-bond donors (Lipinski definition) is 0. The zero-order chi connectivity index (χ0) is 10.0. The van der Waals surface area contributed by atoms with Gasteiger partial charge in [-0.25, -0.2) is 0 Å². The lowest BCUT2D eigenvalue weighted by atomic mass is 10.2. The van der Waals surface area contributed by atoms with Crippen LogP contribution in [0.25, 0.3) is 0 Å². The Morgan fingerprint density at radius 1 is 1.46 bits per heavy atom. The molecule has 0 spiro atoms. The molecule has 1 aromatic heterocycles. The zero-order valence-corrected chi connectivity index (χ0v) is 9.76. The smallest absolute Gasteiger partial charge is 0.251 e. The first kappa shape index (κ1) is 10.5. The first-order valence-corrected chi connectivity index (χ1v) is 5.17. The summed E-state index contributed by atoms with van der Waals surface area (Å²) in [7, 11) is 0. The minimum Gasteiger partial charge on any atom is -0.313 e. The van der Waals surface area contributed by atoms with Crippen LogP contribution in [0.1, 0.15) is 19.5 Å². The van der Waals surface area contributed by atoms with Gasteiger partial charge in [0, 0.05) is 22.8 Å². The Morgan fingerprint density at radius 3 is 2.54 bits per heavy atom. The van der Waals surface area contributed by atoms with Crippen LogP contribution in [0, 0.1) is 12.8 Å². The summed E-state index contributed by atoms with van der Waals surface area (Å²) in [6.45, 7) is 6.95. The summed E-state index contributed by atoms with van der Waals surface area (Å²) in [4.78, 5) is 11.5. The second kappa shape index (κ2) is 4.09. The normalized spacial score (nSPS) is 10.8. The molecule has 0 saturated heterocycles. The molecule has 0 fully saturated rings. The maximum Gasteiger partial charge on any atom is 0.251 e. The van der Waals surface area contributed by atoms with Crippen LogP contribution >= 0.6 is 15.9 Å². The van der Waals surface area contributed by atoms with E-state index in [1.165, 1.54) is 0 Å². The minimum atomic E-state index is 0.0700. The van der Waals surface area contributed by atoms with Crippen molar-refractivity contribution >= 4 is 15.9 Å². The Morgan fingerprint density at radius 2 is 2.08 bits per heavy atom. The molecule has 0 aromatic carbocycles. The highest BCUT2D eigenvalue weighted by atomic mass is 79.9. The third-order valence-corrected chi connectivity index (χ3v) is 2.31. The van der Waals surface area contributed by atoms with E-state index in [0.717, 1.165) is 16.7 Å². The van der Waals surface area contributed by atoms with Crippen LogP contribution in [0.4, 0.5) is 0 Å². The standard InChI is InChI=1S/C10H14BrNO/c1-7(2)6-12-8(3)4-9(11)5-10(12)13/h4-5,7H,6H2,1-3H3. The Labute approximate surface area is 86.7 Å². The predicted molar refractivity (Wildman–Crippen MR) is 58.0 cm³/mol. The Balaban J connectivity index is 3.14. The summed E-state index contributed by atoms with van der Waals surface area (Å²) in [6, 6.07) is 3.57. The monoisotopic (exact) mass is 243 g/mol. The lowest BCUT2D eigenvalue weighted by Crippen LogP contribution is -2.23. The van der Waals surface area contributed by atoms with Gasteiger partial charge in [0.2, 0.25) is 0 Å². The average molecular weight is 244 g/mol. The van der Waals surface area contributed by atoms with Crippen LogP contribution in [-0.4, -0.2) is 4.57 Å². The maximum atomic E-state index is 11.5. The van der Waals surface area contributed by atoms with Crippen molar-refractivity contribution in [3.63, 3.8) is 0 Å². The maximum absolute atomic E-state index is 11.5. The van der Waals surface area contributed by atoms with Gasteiger partial charge in [0.25, 0.3) is 5.56 Å². The number of rotatable bonds is 2. The van der Waals surface area contributed by atoms with Gasteiger partial charge < -0.3 is 4.57 Å². The van der Waals surface area contributed by atoms with E-state index in [2.05, 4.69) is 29.8 Å². The van der Waals surface area contributed by atoms with E-state index >= 15 is 0 Å². The van der Waals surface area contributed by atoms with E-state index < -0.39 is 0 Å². The van der Waals surface area contributed by atoms with Crippen LogP contribution in [0.15, 0.2) is 21.4 Å². The fraction of sp³-hybridized carbons (Fsp3) is 0.500. The number of halogens is 1. The van der Waals surface area contributed by atoms with Gasteiger partial charge in [-0.15, -0.1) is 0 Å². The van der Waals surface area contributed by atoms with Crippen molar-refractivity contribution in [3.05, 3.63) is 32.7 Å². The van der Waals surface area contributed by atoms with Crippen molar-refractivity contribution in [1.82, 2.24) is 4.57 Å². The Kier molecular flexibility index (Phi) is 3.31. The summed E-state index contributed by atoms with van der Waals surface area (Å²) in [5.41, 5.74) is 1.08. The van der Waals surface area contributed by atoms with Crippen molar-refractivity contribution in [2.45, 2.75) is 27.3 Å². The fourth-order valence-corrected chi connectivity index (χ4v) is 1.82. The van der Waals surface area contributed by atoms with Gasteiger partial charge >= 0.3 is 0 Å². The Bertz CT molecular complexity index is 354. The van der Waals surface area contributed by atoms with E-state index in [4.69, 9.17) is 0 Å². The van der Waals surface area contributed by atoms with Gasteiger partial charge in [-0.05, 0) is 18.9 Å². The second-order valence-corrected chi connectivity index (χ2v) is 4.57. The summed E-state index contributed by atoms with van der Waals surface area (Å²) in [5.74, 6) is 0.498. The quantitative estimate of drug-likeness (QED) is 0.783. The van der Waals surface area contributed by atoms with Crippen LogP contribution < -0.4 is 5.56 Å². The van der Waals surface area contributed by atoms with Crippen LogP contribution in [0.2, 0.25) is 0 Å². The number of nitrogens with zero attached hydrogens (tertiary/aromatic N) is 1. The van der Waals surface area contributed by atoms with Crippen molar-refractivity contribution in [2.24, 2.45) is 5.92 Å². The number of aryl methyl sites for hydroxylation is 1. The first-order chi connectivity index (χ1) is 6.00. The molecule has 0 radical (unpaired) electrons. The van der Waals surface area contributed by atoms with E-state index in [1.807, 2.05) is 13.0 Å². The Hall–Kier alpha value is -0.570. The van der Waals surface area contributed by atoms with Gasteiger partial charge in [0.1, 0.15) is 0 Å². The largest absolute Gasteiger partial charge is 0.313 e. The molecule has 1 rings (SSSR count). The molecule has 1 heterocycles. The zero-order valence-electron chi connectivity index (χ0n) is 8.17. The summed E-state index contributed by atoms with van der Waals surface area (Å²) < 4.78 is 2.66. The van der Waals surface area contributed by atoms with Crippen LogP contribution in [0.5, 0.6) is 0 Å². The molecule has 1 aromatic rings. The van der Waals surface area contributed by atoms with E-state index in [0.29, 0.717) is 5.92 Å². The average Bonchev–Trinajstić information content (AvgIpc) is 1.96. The predicted octanol–water partition coefficient (Wildman–Crippen LogP) is 2.58. The van der Waals surface area contributed by atoms with Crippen molar-refractivity contribution in [2.75, 3.05) is 0 Å². The molecule has 72 valence electrons. The summed E-state index contributed by atoms with van der Waals surface area (Å²) in [6.07, 6.45) is 0. The topological polar surface area (TPSA) is 22.0 Å². The van der Waals surface area contributed by atoms with Gasteiger partial charge in [0.15, 0.2) is 0 Å². The third kappa shape index (κ3) is 2.69. The fourth-order valence-electron chi connectivity index (χ4n) is 1.29. The van der Waals surface area contributed by atoms with Gasteiger partial charge in [-0.3, -0.25) is 4.79 Å². The summed E-state index contributed by atoms with van der Waals surface area (Å²) >= 11 is 3.30. The molecule has 0 N–H and O–H groups in total. The highest BCUT2D eigenvalue weighted by molar-refractivity contribution is 9.10. The highest BCUT2D eigenvalue weighted by Crippen LogP contribution is 2.09. The SMILES string of the molecule is Cc1cc(Br)cc(=O)n1CC(C)C. The van der Waals surface area contributed by atoms with Gasteiger partial charge in [-0.1, -0.05) is 29.8 Å². The lowest BCUT2D eigenvalue weighted by molar-refractivity contribution is 0.502. The number of hydrogen-bond acceptors (Lipinski definition) is 1. The first-order valence-electron chi connectivity index (χ1n) is 4.37. The van der Waals surface area contributed by atoms with Crippen molar-refractivity contribution in [1.29, 1.82) is 0 Å². The molecule has 0 unspecified atom stereocenters. The molecule has 0 aliphatic carbocycles. The molecule has 0 aliphatic rings. The highest BCUT2D eigenvalue weighted by Gasteiger charge is 2.03. The van der Waals surface area contributed by atoms with Crippen LogP contribution in [0.3, 0.4) is 0 Å². The van der Waals surface area contributed by atoms with E-state index in [-0.39, 0.29) is 5.56 Å². The summed E-state index contributed by atoms with van der Waals surface area (Å²) in [5, 5.41) is 0. The molecule has 0 atom stereocenters. The molecule has 0 aliphatic heterocycles. The molecule has 13 heavy (non-hydrogen) atoms. The molecular formula is C10H14BrNO. The van der Waals surface area contributed by atoms with Crippen molar-refractivity contribution < 1.29 is 0 Å². The molecular weight excluding hydrogens is 230 g/mol.